The lowest BCUT2D eigenvalue weighted by atomic mass is 10.1. The summed E-state index contributed by atoms with van der Waals surface area (Å²) >= 11 is 0. The van der Waals surface area contributed by atoms with Gasteiger partial charge < -0.3 is 25.0 Å². The molecule has 0 aromatic heterocycles. The molecule has 7 nitrogen and oxygen atoms in total. The molecule has 1 aromatic rings. The Morgan fingerprint density at radius 2 is 2.26 bits per heavy atom. The fraction of sp³-hybridized carbons (Fsp3) is 0.579. The number of benzene rings is 1. The highest BCUT2D eigenvalue weighted by Gasteiger charge is 2.17. The first-order valence-corrected chi connectivity index (χ1v) is 9.07. The molecule has 2 unspecified atom stereocenters. The van der Waals surface area contributed by atoms with E-state index in [0.29, 0.717) is 18.4 Å². The number of hydrogen-bond acceptors (Lipinski definition) is 4. The molecule has 0 spiro atoms. The smallest absolute Gasteiger partial charge is 0.243 e. The van der Waals surface area contributed by atoms with Gasteiger partial charge in [0.2, 0.25) is 5.91 Å². The van der Waals surface area contributed by atoms with Crippen molar-refractivity contribution in [3.05, 3.63) is 29.6 Å². The van der Waals surface area contributed by atoms with E-state index in [-0.39, 0.29) is 24.2 Å². The van der Waals surface area contributed by atoms with Crippen LogP contribution in [-0.4, -0.2) is 64.3 Å². The molecule has 0 bridgehead atoms. The fourth-order valence-electron chi connectivity index (χ4n) is 2.67. The third kappa shape index (κ3) is 6.39. The van der Waals surface area contributed by atoms with Crippen molar-refractivity contribution in [2.45, 2.75) is 19.4 Å². The molecule has 2 atom stereocenters. The Labute approximate surface area is 159 Å². The van der Waals surface area contributed by atoms with Crippen molar-refractivity contribution in [1.82, 2.24) is 15.5 Å². The van der Waals surface area contributed by atoms with E-state index in [1.54, 1.807) is 26.2 Å². The molecule has 1 amide bonds. The molecule has 0 aliphatic carbocycles. The van der Waals surface area contributed by atoms with Crippen LogP contribution in [0.2, 0.25) is 0 Å². The molecular weight excluding hydrogens is 351 g/mol. The molecule has 1 aliphatic heterocycles. The van der Waals surface area contributed by atoms with Gasteiger partial charge in [-0.15, -0.1) is 0 Å². The number of hydrogen-bond donors (Lipinski definition) is 2. The molecule has 1 aliphatic rings. The van der Waals surface area contributed by atoms with E-state index in [1.807, 2.05) is 6.92 Å². The maximum Gasteiger partial charge on any atom is 0.243 e. The quantitative estimate of drug-likeness (QED) is 0.555. The van der Waals surface area contributed by atoms with Crippen molar-refractivity contribution in [3.8, 4) is 5.75 Å². The van der Waals surface area contributed by atoms with Crippen LogP contribution < -0.4 is 15.4 Å². The number of likely N-dealkylation sites (N-methyl/N-ethyl adjacent to an activating group) is 1. The van der Waals surface area contributed by atoms with Crippen molar-refractivity contribution in [1.29, 1.82) is 0 Å². The van der Waals surface area contributed by atoms with E-state index in [2.05, 4.69) is 15.6 Å². The molecule has 1 fully saturated rings. The Bertz CT molecular complexity index is 660. The zero-order chi connectivity index (χ0) is 19.8. The van der Waals surface area contributed by atoms with E-state index < -0.39 is 5.82 Å². The number of methoxy groups -OCH3 is 1. The molecular formula is C19H29FN4O3. The Balaban J connectivity index is 2.05. The Morgan fingerprint density at radius 1 is 1.48 bits per heavy atom. The number of nitrogens with zero attached hydrogens (tertiary/aromatic N) is 2. The summed E-state index contributed by atoms with van der Waals surface area (Å²) in [6.45, 7) is 4.13. The van der Waals surface area contributed by atoms with Gasteiger partial charge >= 0.3 is 0 Å². The van der Waals surface area contributed by atoms with Crippen LogP contribution in [0, 0.1) is 11.7 Å². The van der Waals surface area contributed by atoms with Crippen LogP contribution >= 0.6 is 0 Å². The average Bonchev–Trinajstić information content (AvgIpc) is 3.16. The van der Waals surface area contributed by atoms with Gasteiger partial charge in [-0.25, -0.2) is 9.38 Å². The summed E-state index contributed by atoms with van der Waals surface area (Å²) in [4.78, 5) is 17.7. The van der Waals surface area contributed by atoms with Crippen LogP contribution in [0.1, 0.15) is 24.9 Å². The van der Waals surface area contributed by atoms with Gasteiger partial charge in [0, 0.05) is 33.2 Å². The van der Waals surface area contributed by atoms with Crippen molar-refractivity contribution >= 4 is 11.9 Å². The normalized spacial score (nSPS) is 18.1. The Morgan fingerprint density at radius 3 is 2.85 bits per heavy atom. The third-order valence-corrected chi connectivity index (χ3v) is 4.48. The van der Waals surface area contributed by atoms with Crippen molar-refractivity contribution in [2.75, 3.05) is 47.5 Å². The monoisotopic (exact) mass is 380 g/mol. The summed E-state index contributed by atoms with van der Waals surface area (Å²) < 4.78 is 24.3. The minimum atomic E-state index is -0.416. The molecule has 1 aromatic carbocycles. The van der Waals surface area contributed by atoms with Crippen LogP contribution in [0.15, 0.2) is 23.2 Å². The highest BCUT2D eigenvalue weighted by atomic mass is 19.1. The van der Waals surface area contributed by atoms with Gasteiger partial charge in [-0.1, -0.05) is 6.07 Å². The summed E-state index contributed by atoms with van der Waals surface area (Å²) in [7, 11) is 4.82. The lowest BCUT2D eigenvalue weighted by molar-refractivity contribution is -0.127. The summed E-state index contributed by atoms with van der Waals surface area (Å²) in [5.41, 5.74) is 0.755. The number of aliphatic imine (C=N–C) groups is 1. The van der Waals surface area contributed by atoms with Crippen LogP contribution in [0.4, 0.5) is 4.39 Å². The Kier molecular flexibility index (Phi) is 7.84. The summed E-state index contributed by atoms with van der Waals surface area (Å²) in [5, 5.41) is 6.50. The van der Waals surface area contributed by atoms with Gasteiger partial charge in [0.1, 0.15) is 6.54 Å². The molecule has 27 heavy (non-hydrogen) atoms. The first-order chi connectivity index (χ1) is 12.9. The summed E-state index contributed by atoms with van der Waals surface area (Å²) in [5.74, 6) is 0.622. The predicted octanol–water partition coefficient (Wildman–Crippen LogP) is 1.56. The second kappa shape index (κ2) is 10.1. The minimum absolute atomic E-state index is 0.0349. The van der Waals surface area contributed by atoms with E-state index >= 15 is 0 Å². The maximum atomic E-state index is 14.0. The standard InChI is InChI=1S/C19H29FN4O3/c1-13(15-5-6-17(26-4)16(20)9-15)23-19(22-11-18(25)24(2)3)21-10-14-7-8-27-12-14/h5-6,9,13-14H,7-8,10-12H2,1-4H3,(H2,21,22,23). The first kappa shape index (κ1) is 21.0. The van der Waals surface area contributed by atoms with E-state index in [4.69, 9.17) is 9.47 Å². The molecule has 1 heterocycles. The average molecular weight is 380 g/mol. The van der Waals surface area contributed by atoms with Gasteiger partial charge in [0.05, 0.1) is 19.8 Å². The highest BCUT2D eigenvalue weighted by molar-refractivity contribution is 5.85. The predicted molar refractivity (Wildman–Crippen MR) is 102 cm³/mol. The van der Waals surface area contributed by atoms with Crippen LogP contribution in [-0.2, 0) is 9.53 Å². The van der Waals surface area contributed by atoms with Gasteiger partial charge in [-0.3, -0.25) is 4.79 Å². The fourth-order valence-corrected chi connectivity index (χ4v) is 2.67. The number of ether oxygens (including phenoxy) is 2. The molecule has 2 N–H and O–H groups in total. The van der Waals surface area contributed by atoms with Gasteiger partial charge in [0.25, 0.3) is 0 Å². The maximum absolute atomic E-state index is 14.0. The second-order valence-corrected chi connectivity index (χ2v) is 6.82. The first-order valence-electron chi connectivity index (χ1n) is 9.07. The highest BCUT2D eigenvalue weighted by Crippen LogP contribution is 2.21. The lowest BCUT2D eigenvalue weighted by Crippen LogP contribution is -2.42. The number of carbonyl (C=O) groups is 1. The van der Waals surface area contributed by atoms with Crippen molar-refractivity contribution < 1.29 is 18.7 Å². The largest absolute Gasteiger partial charge is 0.494 e. The van der Waals surface area contributed by atoms with Gasteiger partial charge in [0.15, 0.2) is 17.5 Å². The number of guanidine groups is 1. The van der Waals surface area contributed by atoms with Crippen LogP contribution in [0.5, 0.6) is 5.75 Å². The molecule has 2 rings (SSSR count). The van der Waals surface area contributed by atoms with Crippen molar-refractivity contribution in [3.63, 3.8) is 0 Å². The molecule has 150 valence electrons. The molecule has 1 saturated heterocycles. The zero-order valence-corrected chi connectivity index (χ0v) is 16.4. The minimum Gasteiger partial charge on any atom is -0.494 e. The van der Waals surface area contributed by atoms with Crippen LogP contribution in [0.25, 0.3) is 0 Å². The summed E-state index contributed by atoms with van der Waals surface area (Å²) in [6, 6.07) is 4.63. The SMILES string of the molecule is COc1ccc(C(C)NC(=NCC(=O)N(C)C)NCC2CCOC2)cc1F. The van der Waals surface area contributed by atoms with Gasteiger partial charge in [-0.05, 0) is 31.0 Å². The molecule has 0 saturated carbocycles. The van der Waals surface area contributed by atoms with E-state index in [9.17, 15) is 9.18 Å². The van der Waals surface area contributed by atoms with Crippen LogP contribution in [0.3, 0.4) is 0 Å². The number of carbonyl (C=O) groups excluding carboxylic acids is 1. The van der Waals surface area contributed by atoms with E-state index in [1.165, 1.54) is 18.1 Å². The third-order valence-electron chi connectivity index (χ3n) is 4.48. The van der Waals surface area contributed by atoms with Gasteiger partial charge in [-0.2, -0.15) is 0 Å². The number of halogens is 1. The van der Waals surface area contributed by atoms with E-state index in [0.717, 1.165) is 25.2 Å². The second-order valence-electron chi connectivity index (χ2n) is 6.82. The topological polar surface area (TPSA) is 75.2 Å². The Hall–Kier alpha value is -2.35. The molecule has 0 radical (unpaired) electrons. The van der Waals surface area contributed by atoms with Crippen molar-refractivity contribution in [2.24, 2.45) is 10.9 Å². The number of amides is 1. The summed E-state index contributed by atoms with van der Waals surface area (Å²) in [6.07, 6.45) is 0.996. The zero-order valence-electron chi connectivity index (χ0n) is 16.4. The number of rotatable bonds is 7. The lowest BCUT2D eigenvalue weighted by Gasteiger charge is -2.20. The molecule has 8 heteroatoms. The number of nitrogens with one attached hydrogen (secondary N) is 2.